The first-order chi connectivity index (χ1) is 11.1. The average Bonchev–Trinajstić information content (AvgIpc) is 3.15. The van der Waals surface area contributed by atoms with E-state index in [2.05, 4.69) is 10.1 Å². The zero-order chi connectivity index (χ0) is 16.4. The SMILES string of the molecule is Cc1nc(Cl)sc1/C(O)=C(\C#N)c1ccn(-c2ccccc2)n1. The molecule has 0 atom stereocenters. The van der Waals surface area contributed by atoms with E-state index in [1.165, 1.54) is 0 Å². The van der Waals surface area contributed by atoms with Gasteiger partial charge in [0, 0.05) is 6.20 Å². The molecule has 1 N–H and O–H groups in total. The summed E-state index contributed by atoms with van der Waals surface area (Å²) in [5.74, 6) is -0.160. The molecule has 0 amide bonds. The summed E-state index contributed by atoms with van der Waals surface area (Å²) < 4.78 is 1.96. The smallest absolute Gasteiger partial charge is 0.184 e. The minimum Gasteiger partial charge on any atom is -0.505 e. The van der Waals surface area contributed by atoms with E-state index in [1.54, 1.807) is 23.9 Å². The molecule has 1 aromatic carbocycles. The summed E-state index contributed by atoms with van der Waals surface area (Å²) in [5, 5.41) is 24.2. The van der Waals surface area contributed by atoms with Crippen molar-refractivity contribution in [3.05, 3.63) is 63.3 Å². The van der Waals surface area contributed by atoms with Crippen molar-refractivity contribution in [2.45, 2.75) is 6.92 Å². The van der Waals surface area contributed by atoms with Gasteiger partial charge in [-0.1, -0.05) is 41.1 Å². The Morgan fingerprint density at radius 3 is 2.65 bits per heavy atom. The van der Waals surface area contributed by atoms with Crippen LogP contribution in [0.5, 0.6) is 0 Å². The molecule has 3 aromatic rings. The summed E-state index contributed by atoms with van der Waals surface area (Å²) >= 11 is 6.98. The molecule has 0 bridgehead atoms. The van der Waals surface area contributed by atoms with Crippen molar-refractivity contribution in [2.75, 3.05) is 0 Å². The van der Waals surface area contributed by atoms with Crippen molar-refractivity contribution in [1.29, 1.82) is 5.26 Å². The van der Waals surface area contributed by atoms with Crippen LogP contribution in [0.3, 0.4) is 0 Å². The number of para-hydroxylation sites is 1. The van der Waals surface area contributed by atoms with E-state index in [0.29, 0.717) is 20.7 Å². The summed E-state index contributed by atoms with van der Waals surface area (Å²) in [4.78, 5) is 4.52. The standard InChI is InChI=1S/C16H11ClN4OS/c1-10-15(23-16(17)19-10)14(22)12(9-18)13-7-8-21(20-13)11-5-3-2-4-6-11/h2-8,22H,1H3/b14-12-. The third-order valence-electron chi connectivity index (χ3n) is 3.20. The van der Waals surface area contributed by atoms with Gasteiger partial charge in [0.15, 0.2) is 10.2 Å². The number of halogens is 1. The van der Waals surface area contributed by atoms with Gasteiger partial charge in [-0.05, 0) is 25.1 Å². The van der Waals surface area contributed by atoms with Crippen molar-refractivity contribution in [3.63, 3.8) is 0 Å². The van der Waals surface area contributed by atoms with Crippen LogP contribution in [0.2, 0.25) is 4.47 Å². The molecule has 0 spiro atoms. The normalized spacial score (nSPS) is 11.9. The first-order valence-electron chi connectivity index (χ1n) is 6.68. The number of hydrogen-bond acceptors (Lipinski definition) is 5. The molecule has 0 aliphatic heterocycles. The Hall–Kier alpha value is -2.62. The van der Waals surface area contributed by atoms with E-state index in [1.807, 2.05) is 36.4 Å². The van der Waals surface area contributed by atoms with E-state index in [-0.39, 0.29) is 11.3 Å². The zero-order valence-corrected chi connectivity index (χ0v) is 13.6. The number of thiazole rings is 1. The fraction of sp³-hybridized carbons (Fsp3) is 0.0625. The molecule has 7 heteroatoms. The number of aliphatic hydroxyl groups excluding tert-OH is 1. The highest BCUT2D eigenvalue weighted by atomic mass is 35.5. The molecule has 114 valence electrons. The monoisotopic (exact) mass is 342 g/mol. The Bertz CT molecular complexity index is 921. The van der Waals surface area contributed by atoms with Crippen LogP contribution in [-0.4, -0.2) is 19.9 Å². The highest BCUT2D eigenvalue weighted by molar-refractivity contribution is 7.16. The molecular weight excluding hydrogens is 332 g/mol. The van der Waals surface area contributed by atoms with Gasteiger partial charge in [0.25, 0.3) is 0 Å². The molecule has 0 fully saturated rings. The summed E-state index contributed by atoms with van der Waals surface area (Å²) in [5.41, 5.74) is 1.92. The van der Waals surface area contributed by atoms with Gasteiger partial charge < -0.3 is 5.11 Å². The molecule has 0 saturated heterocycles. The number of benzene rings is 1. The minimum absolute atomic E-state index is 0.0862. The summed E-state index contributed by atoms with van der Waals surface area (Å²) in [7, 11) is 0. The lowest BCUT2D eigenvalue weighted by Gasteiger charge is -2.02. The van der Waals surface area contributed by atoms with Crippen molar-refractivity contribution in [3.8, 4) is 11.8 Å². The Labute approximate surface area is 141 Å². The molecule has 5 nitrogen and oxygen atoms in total. The lowest BCUT2D eigenvalue weighted by molar-refractivity contribution is 0.515. The summed E-state index contributed by atoms with van der Waals surface area (Å²) in [6.45, 7) is 1.73. The second kappa shape index (κ2) is 6.24. The van der Waals surface area contributed by atoms with E-state index >= 15 is 0 Å². The van der Waals surface area contributed by atoms with E-state index < -0.39 is 0 Å². The van der Waals surface area contributed by atoms with Crippen LogP contribution in [0.15, 0.2) is 42.6 Å². The Morgan fingerprint density at radius 2 is 2.04 bits per heavy atom. The zero-order valence-electron chi connectivity index (χ0n) is 12.1. The fourth-order valence-electron chi connectivity index (χ4n) is 2.11. The van der Waals surface area contributed by atoms with Gasteiger partial charge in [0.1, 0.15) is 17.3 Å². The van der Waals surface area contributed by atoms with Gasteiger partial charge in [-0.15, -0.1) is 0 Å². The quantitative estimate of drug-likeness (QED) is 0.570. The Balaban J connectivity index is 2.06. The summed E-state index contributed by atoms with van der Waals surface area (Å²) in [6, 6.07) is 13.2. The van der Waals surface area contributed by atoms with Gasteiger partial charge in [-0.25, -0.2) is 9.67 Å². The molecule has 0 unspecified atom stereocenters. The van der Waals surface area contributed by atoms with Gasteiger partial charge in [0.05, 0.1) is 16.3 Å². The lowest BCUT2D eigenvalue weighted by Crippen LogP contribution is -1.96. The number of nitriles is 1. The predicted molar refractivity (Wildman–Crippen MR) is 90.5 cm³/mol. The van der Waals surface area contributed by atoms with E-state index in [4.69, 9.17) is 11.6 Å². The Kier molecular flexibility index (Phi) is 4.15. The molecule has 0 radical (unpaired) electrons. The number of aliphatic hydroxyl groups is 1. The maximum absolute atomic E-state index is 10.4. The second-order valence-electron chi connectivity index (χ2n) is 4.70. The molecule has 0 aliphatic rings. The second-order valence-corrected chi connectivity index (χ2v) is 6.28. The topological polar surface area (TPSA) is 74.7 Å². The van der Waals surface area contributed by atoms with Gasteiger partial charge in [-0.3, -0.25) is 0 Å². The molecular formula is C16H11ClN4OS. The number of hydrogen-bond donors (Lipinski definition) is 1. The number of rotatable bonds is 3. The lowest BCUT2D eigenvalue weighted by atomic mass is 10.1. The van der Waals surface area contributed by atoms with Crippen molar-refractivity contribution >= 4 is 34.3 Å². The molecule has 2 aromatic heterocycles. The molecule has 2 heterocycles. The molecule has 0 saturated carbocycles. The number of allylic oxidation sites excluding steroid dienone is 1. The van der Waals surface area contributed by atoms with Crippen LogP contribution in [0.1, 0.15) is 16.3 Å². The average molecular weight is 343 g/mol. The molecule has 23 heavy (non-hydrogen) atoms. The van der Waals surface area contributed by atoms with E-state index in [0.717, 1.165) is 17.0 Å². The first-order valence-corrected chi connectivity index (χ1v) is 7.87. The Morgan fingerprint density at radius 1 is 1.30 bits per heavy atom. The van der Waals surface area contributed by atoms with Crippen molar-refractivity contribution in [1.82, 2.24) is 14.8 Å². The maximum Gasteiger partial charge on any atom is 0.184 e. The maximum atomic E-state index is 10.4. The third kappa shape index (κ3) is 2.97. The summed E-state index contributed by atoms with van der Waals surface area (Å²) in [6.07, 6.45) is 1.74. The predicted octanol–water partition coefficient (Wildman–Crippen LogP) is 4.24. The minimum atomic E-state index is -0.160. The van der Waals surface area contributed by atoms with Crippen molar-refractivity contribution < 1.29 is 5.11 Å². The van der Waals surface area contributed by atoms with Crippen LogP contribution < -0.4 is 0 Å². The number of nitrogens with zero attached hydrogens (tertiary/aromatic N) is 4. The van der Waals surface area contributed by atoms with Gasteiger partial charge in [-0.2, -0.15) is 10.4 Å². The molecule has 3 rings (SSSR count). The molecule has 0 aliphatic carbocycles. The number of aryl methyl sites for hydroxylation is 1. The fourth-order valence-corrected chi connectivity index (χ4v) is 3.21. The van der Waals surface area contributed by atoms with E-state index in [9.17, 15) is 10.4 Å². The van der Waals surface area contributed by atoms with Crippen LogP contribution in [0, 0.1) is 18.3 Å². The number of aromatic nitrogens is 3. The highest BCUT2D eigenvalue weighted by Crippen LogP contribution is 2.31. The van der Waals surface area contributed by atoms with Crippen molar-refractivity contribution in [2.24, 2.45) is 0 Å². The third-order valence-corrected chi connectivity index (χ3v) is 4.47. The largest absolute Gasteiger partial charge is 0.505 e. The van der Waals surface area contributed by atoms with Crippen LogP contribution in [0.25, 0.3) is 17.0 Å². The highest BCUT2D eigenvalue weighted by Gasteiger charge is 2.18. The van der Waals surface area contributed by atoms with Gasteiger partial charge >= 0.3 is 0 Å². The first kappa shape index (κ1) is 15.3. The van der Waals surface area contributed by atoms with Crippen LogP contribution >= 0.6 is 22.9 Å². The van der Waals surface area contributed by atoms with Crippen LogP contribution in [-0.2, 0) is 0 Å². The van der Waals surface area contributed by atoms with Crippen LogP contribution in [0.4, 0.5) is 0 Å². The van der Waals surface area contributed by atoms with Gasteiger partial charge in [0.2, 0.25) is 0 Å².